The first-order valence-corrected chi connectivity index (χ1v) is 7.03. The van der Waals surface area contributed by atoms with Crippen molar-refractivity contribution in [3.63, 3.8) is 0 Å². The molecule has 0 fully saturated rings. The molecule has 0 aliphatic rings. The number of halogens is 1. The summed E-state index contributed by atoms with van der Waals surface area (Å²) in [5, 5.41) is 2.84. The largest absolute Gasteiger partial charge is 0.444 e. The summed E-state index contributed by atoms with van der Waals surface area (Å²) >= 11 is 3.17. The smallest absolute Gasteiger partial charge is 0.287 e. The first kappa shape index (κ1) is 15.2. The summed E-state index contributed by atoms with van der Waals surface area (Å²) < 4.78 is 5.74. The second-order valence-corrected chi connectivity index (χ2v) is 5.42. The van der Waals surface area contributed by atoms with E-state index in [9.17, 15) is 4.79 Å². The lowest BCUT2D eigenvalue weighted by Gasteiger charge is -2.20. The van der Waals surface area contributed by atoms with Gasteiger partial charge in [-0.25, -0.2) is 0 Å². The lowest BCUT2D eigenvalue weighted by atomic mass is 10.2. The van der Waals surface area contributed by atoms with E-state index in [-0.39, 0.29) is 5.91 Å². The third kappa shape index (κ3) is 5.23. The third-order valence-corrected chi connectivity index (χ3v) is 3.33. The zero-order chi connectivity index (χ0) is 13.5. The maximum atomic E-state index is 11.6. The van der Waals surface area contributed by atoms with Crippen LogP contribution in [-0.2, 0) is 0 Å². The van der Waals surface area contributed by atoms with E-state index in [0.717, 1.165) is 19.4 Å². The molecule has 0 radical (unpaired) electrons. The van der Waals surface area contributed by atoms with Crippen LogP contribution >= 0.6 is 15.9 Å². The zero-order valence-electron chi connectivity index (χ0n) is 11.2. The Morgan fingerprint density at radius 1 is 1.44 bits per heavy atom. The summed E-state index contributed by atoms with van der Waals surface area (Å²) in [6.45, 7) is 6.09. The normalized spacial score (nSPS) is 11.2. The monoisotopic (exact) mass is 316 g/mol. The van der Waals surface area contributed by atoms with Gasteiger partial charge in [-0.3, -0.25) is 4.79 Å². The Bertz CT molecular complexity index is 377. The molecule has 0 saturated carbocycles. The molecule has 0 unspecified atom stereocenters. The number of furan rings is 1. The number of amides is 1. The van der Waals surface area contributed by atoms with E-state index >= 15 is 0 Å². The number of carbonyl (C=O) groups is 1. The van der Waals surface area contributed by atoms with E-state index in [2.05, 4.69) is 47.0 Å². The van der Waals surface area contributed by atoms with Crippen molar-refractivity contribution in [2.24, 2.45) is 0 Å². The van der Waals surface area contributed by atoms with Crippen LogP contribution < -0.4 is 5.32 Å². The van der Waals surface area contributed by atoms with Gasteiger partial charge in [0.1, 0.15) is 0 Å². The average molecular weight is 317 g/mol. The van der Waals surface area contributed by atoms with Gasteiger partial charge < -0.3 is 14.6 Å². The predicted octanol–water partition coefficient (Wildman–Crippen LogP) is 2.89. The lowest BCUT2D eigenvalue weighted by Crippen LogP contribution is -2.28. The van der Waals surface area contributed by atoms with Crippen LogP contribution in [0.5, 0.6) is 0 Å². The van der Waals surface area contributed by atoms with Crippen LogP contribution in [0.15, 0.2) is 21.2 Å². The minimum Gasteiger partial charge on any atom is -0.444 e. The van der Waals surface area contributed by atoms with E-state index in [1.807, 2.05) is 0 Å². The Morgan fingerprint density at radius 2 is 2.17 bits per heavy atom. The Morgan fingerprint density at radius 3 is 2.72 bits per heavy atom. The van der Waals surface area contributed by atoms with Gasteiger partial charge in [0.15, 0.2) is 10.4 Å². The molecule has 1 amide bonds. The molecule has 0 atom stereocenters. The van der Waals surface area contributed by atoms with Gasteiger partial charge in [0.05, 0.1) is 0 Å². The fourth-order valence-electron chi connectivity index (χ4n) is 1.47. The van der Waals surface area contributed by atoms with Gasteiger partial charge in [0.25, 0.3) is 5.91 Å². The molecule has 0 saturated heterocycles. The zero-order valence-corrected chi connectivity index (χ0v) is 12.8. The number of rotatable bonds is 7. The van der Waals surface area contributed by atoms with Gasteiger partial charge >= 0.3 is 0 Å². The van der Waals surface area contributed by atoms with Crippen LogP contribution in [-0.4, -0.2) is 37.0 Å². The molecular formula is C13H21BrN2O2. The van der Waals surface area contributed by atoms with Crippen molar-refractivity contribution in [2.45, 2.75) is 32.7 Å². The minimum atomic E-state index is -0.155. The molecule has 0 aliphatic carbocycles. The van der Waals surface area contributed by atoms with Gasteiger partial charge in [-0.05, 0) is 68.3 Å². The van der Waals surface area contributed by atoms with Crippen LogP contribution in [0.25, 0.3) is 0 Å². The van der Waals surface area contributed by atoms with Crippen molar-refractivity contribution < 1.29 is 9.21 Å². The molecule has 1 aromatic rings. The van der Waals surface area contributed by atoms with Crippen molar-refractivity contribution in [1.29, 1.82) is 0 Å². The van der Waals surface area contributed by atoms with Gasteiger partial charge in [0, 0.05) is 12.6 Å². The lowest BCUT2D eigenvalue weighted by molar-refractivity contribution is 0.0923. The van der Waals surface area contributed by atoms with Crippen molar-refractivity contribution in [2.75, 3.05) is 20.1 Å². The predicted molar refractivity (Wildman–Crippen MR) is 75.7 cm³/mol. The molecule has 1 heterocycles. The number of nitrogens with one attached hydrogen (secondary N) is 1. The van der Waals surface area contributed by atoms with Crippen LogP contribution in [0.3, 0.4) is 0 Å². The Kier molecular flexibility index (Phi) is 6.43. The highest BCUT2D eigenvalue weighted by atomic mass is 79.9. The molecule has 0 aromatic carbocycles. The number of unbranched alkanes of at least 4 members (excludes halogenated alkanes) is 1. The van der Waals surface area contributed by atoms with Crippen molar-refractivity contribution in [1.82, 2.24) is 10.2 Å². The van der Waals surface area contributed by atoms with E-state index in [1.165, 1.54) is 0 Å². The molecule has 0 spiro atoms. The Labute approximate surface area is 117 Å². The molecular weight excluding hydrogens is 296 g/mol. The van der Waals surface area contributed by atoms with Crippen LogP contribution in [0.2, 0.25) is 0 Å². The molecule has 102 valence electrons. The summed E-state index contributed by atoms with van der Waals surface area (Å²) in [7, 11) is 2.11. The van der Waals surface area contributed by atoms with Crippen molar-refractivity contribution in [3.8, 4) is 0 Å². The second kappa shape index (κ2) is 7.59. The van der Waals surface area contributed by atoms with Crippen LogP contribution in [0, 0.1) is 0 Å². The average Bonchev–Trinajstić information content (AvgIpc) is 2.74. The second-order valence-electron chi connectivity index (χ2n) is 4.64. The van der Waals surface area contributed by atoms with Gasteiger partial charge in [-0.1, -0.05) is 0 Å². The summed E-state index contributed by atoms with van der Waals surface area (Å²) in [5.74, 6) is 0.194. The fraction of sp³-hybridized carbons (Fsp3) is 0.615. The molecule has 4 nitrogen and oxygen atoms in total. The molecule has 18 heavy (non-hydrogen) atoms. The quantitative estimate of drug-likeness (QED) is 0.787. The van der Waals surface area contributed by atoms with Crippen LogP contribution in [0.1, 0.15) is 37.2 Å². The number of hydrogen-bond donors (Lipinski definition) is 1. The molecule has 0 bridgehead atoms. The summed E-state index contributed by atoms with van der Waals surface area (Å²) in [4.78, 5) is 13.9. The highest BCUT2D eigenvalue weighted by Gasteiger charge is 2.09. The minimum absolute atomic E-state index is 0.155. The number of carbonyl (C=O) groups excluding carboxylic acids is 1. The first-order valence-electron chi connectivity index (χ1n) is 6.24. The summed E-state index contributed by atoms with van der Waals surface area (Å²) in [6, 6.07) is 3.94. The highest BCUT2D eigenvalue weighted by Crippen LogP contribution is 2.13. The van der Waals surface area contributed by atoms with Crippen LogP contribution in [0.4, 0.5) is 0 Å². The molecule has 0 aliphatic heterocycles. The Hall–Kier alpha value is -0.810. The number of nitrogens with zero attached hydrogens (tertiary/aromatic N) is 1. The maximum absolute atomic E-state index is 11.6. The summed E-state index contributed by atoms with van der Waals surface area (Å²) in [6.07, 6.45) is 2.06. The maximum Gasteiger partial charge on any atom is 0.287 e. The highest BCUT2D eigenvalue weighted by molar-refractivity contribution is 9.10. The fourth-order valence-corrected chi connectivity index (χ4v) is 1.78. The topological polar surface area (TPSA) is 45.5 Å². The standard InChI is InChI=1S/C13H21BrN2O2/c1-10(2)16(3)9-5-4-8-15-13(17)11-6-7-12(14)18-11/h6-7,10H,4-5,8-9H2,1-3H3,(H,15,17). The van der Waals surface area contributed by atoms with E-state index in [0.29, 0.717) is 23.0 Å². The molecule has 1 rings (SSSR count). The Balaban J connectivity index is 2.13. The SMILES string of the molecule is CC(C)N(C)CCCCNC(=O)c1ccc(Br)o1. The summed E-state index contributed by atoms with van der Waals surface area (Å²) in [5.41, 5.74) is 0. The van der Waals surface area contributed by atoms with Crippen molar-refractivity contribution in [3.05, 3.63) is 22.6 Å². The van der Waals surface area contributed by atoms with Gasteiger partial charge in [0.2, 0.25) is 0 Å². The van der Waals surface area contributed by atoms with Crippen molar-refractivity contribution >= 4 is 21.8 Å². The number of hydrogen-bond acceptors (Lipinski definition) is 3. The molecule has 1 aromatic heterocycles. The first-order chi connectivity index (χ1) is 8.50. The van der Waals surface area contributed by atoms with E-state index in [1.54, 1.807) is 12.1 Å². The van der Waals surface area contributed by atoms with E-state index < -0.39 is 0 Å². The molecule has 5 heteroatoms. The third-order valence-electron chi connectivity index (χ3n) is 2.90. The molecule has 1 N–H and O–H groups in total. The van der Waals surface area contributed by atoms with E-state index in [4.69, 9.17) is 4.42 Å². The van der Waals surface area contributed by atoms with Gasteiger partial charge in [-0.15, -0.1) is 0 Å². The van der Waals surface area contributed by atoms with Gasteiger partial charge in [-0.2, -0.15) is 0 Å².